The van der Waals surface area contributed by atoms with E-state index < -0.39 is 18.5 Å². The van der Waals surface area contributed by atoms with Crippen LogP contribution in [-0.2, 0) is 9.53 Å². The van der Waals surface area contributed by atoms with E-state index in [1.807, 2.05) is 35.7 Å². The normalized spacial score (nSPS) is 10.2. The lowest BCUT2D eigenvalue weighted by atomic mass is 10.2. The number of esters is 1. The Morgan fingerprint density at radius 1 is 1.22 bits per heavy atom. The van der Waals surface area contributed by atoms with Crippen LogP contribution in [-0.4, -0.2) is 40.0 Å². The SMILES string of the molecule is C=CCN(C(=O)COC(=O)c1cnccn1)c1nc(-c2ccccc2)cs1. The number of rotatable bonds is 7. The van der Waals surface area contributed by atoms with E-state index in [0.717, 1.165) is 11.3 Å². The molecule has 27 heavy (non-hydrogen) atoms. The van der Waals surface area contributed by atoms with E-state index in [4.69, 9.17) is 4.74 Å². The Morgan fingerprint density at radius 3 is 2.74 bits per heavy atom. The minimum absolute atomic E-state index is 0.0428. The van der Waals surface area contributed by atoms with Gasteiger partial charge >= 0.3 is 5.97 Å². The van der Waals surface area contributed by atoms with Crippen molar-refractivity contribution in [3.8, 4) is 11.3 Å². The third kappa shape index (κ3) is 4.62. The number of benzene rings is 1. The summed E-state index contributed by atoms with van der Waals surface area (Å²) in [7, 11) is 0. The fourth-order valence-corrected chi connectivity index (χ4v) is 3.09. The van der Waals surface area contributed by atoms with Crippen LogP contribution in [0.5, 0.6) is 0 Å². The lowest BCUT2D eigenvalue weighted by Crippen LogP contribution is -2.35. The highest BCUT2D eigenvalue weighted by atomic mass is 32.1. The summed E-state index contributed by atoms with van der Waals surface area (Å²) in [6.45, 7) is 3.50. The van der Waals surface area contributed by atoms with Crippen LogP contribution in [0.4, 0.5) is 5.13 Å². The zero-order chi connectivity index (χ0) is 19.1. The molecule has 0 saturated heterocycles. The minimum Gasteiger partial charge on any atom is -0.451 e. The summed E-state index contributed by atoms with van der Waals surface area (Å²) in [6.07, 6.45) is 5.69. The standard InChI is InChI=1S/C19H16N4O3S/c1-2-10-23(17(24)12-26-18(25)15-11-20-8-9-21-15)19-22-16(13-27-19)14-6-4-3-5-7-14/h2-9,11,13H,1,10,12H2. The van der Waals surface area contributed by atoms with Crippen LogP contribution in [0.2, 0.25) is 0 Å². The molecule has 0 aliphatic heterocycles. The van der Waals surface area contributed by atoms with Crippen LogP contribution in [0.25, 0.3) is 11.3 Å². The molecular weight excluding hydrogens is 364 g/mol. The molecular formula is C19H16N4O3S. The highest BCUT2D eigenvalue weighted by molar-refractivity contribution is 7.14. The van der Waals surface area contributed by atoms with E-state index in [-0.39, 0.29) is 12.2 Å². The molecule has 0 bridgehead atoms. The van der Waals surface area contributed by atoms with Crippen molar-refractivity contribution in [2.75, 3.05) is 18.1 Å². The van der Waals surface area contributed by atoms with Crippen LogP contribution in [0.3, 0.4) is 0 Å². The zero-order valence-electron chi connectivity index (χ0n) is 14.3. The van der Waals surface area contributed by atoms with E-state index in [0.29, 0.717) is 5.13 Å². The summed E-state index contributed by atoms with van der Waals surface area (Å²) in [6, 6.07) is 9.66. The molecule has 0 unspecified atom stereocenters. The van der Waals surface area contributed by atoms with Gasteiger partial charge in [0.15, 0.2) is 17.4 Å². The lowest BCUT2D eigenvalue weighted by Gasteiger charge is -2.17. The van der Waals surface area contributed by atoms with Gasteiger partial charge in [-0.2, -0.15) is 0 Å². The zero-order valence-corrected chi connectivity index (χ0v) is 15.1. The number of aromatic nitrogens is 3. The van der Waals surface area contributed by atoms with Crippen LogP contribution in [0.1, 0.15) is 10.5 Å². The van der Waals surface area contributed by atoms with Crippen LogP contribution in [0.15, 0.2) is 67.0 Å². The molecule has 0 atom stereocenters. The molecule has 3 aromatic rings. The molecule has 0 N–H and O–H groups in total. The monoisotopic (exact) mass is 380 g/mol. The number of nitrogens with zero attached hydrogens (tertiary/aromatic N) is 4. The van der Waals surface area contributed by atoms with E-state index >= 15 is 0 Å². The van der Waals surface area contributed by atoms with Crippen molar-refractivity contribution in [2.45, 2.75) is 0 Å². The van der Waals surface area contributed by atoms with Gasteiger partial charge in [-0.3, -0.25) is 14.7 Å². The summed E-state index contributed by atoms with van der Waals surface area (Å²) in [5, 5.41) is 2.38. The molecule has 136 valence electrons. The molecule has 0 fully saturated rings. The molecule has 2 aromatic heterocycles. The minimum atomic E-state index is -0.709. The average Bonchev–Trinajstić information content (AvgIpc) is 3.21. The maximum Gasteiger partial charge on any atom is 0.359 e. The Bertz CT molecular complexity index is 928. The molecule has 7 nitrogen and oxygen atoms in total. The lowest BCUT2D eigenvalue weighted by molar-refractivity contribution is -0.121. The summed E-state index contributed by atoms with van der Waals surface area (Å²) in [4.78, 5) is 38.1. The quantitative estimate of drug-likeness (QED) is 0.463. The number of hydrogen-bond donors (Lipinski definition) is 0. The fraction of sp³-hybridized carbons (Fsp3) is 0.105. The first-order valence-corrected chi connectivity index (χ1v) is 8.92. The van der Waals surface area contributed by atoms with Gasteiger partial charge in [-0.05, 0) is 0 Å². The largest absolute Gasteiger partial charge is 0.451 e. The summed E-state index contributed by atoms with van der Waals surface area (Å²) in [5.74, 6) is -1.11. The summed E-state index contributed by atoms with van der Waals surface area (Å²) in [5.41, 5.74) is 1.77. The van der Waals surface area contributed by atoms with Gasteiger partial charge in [-0.15, -0.1) is 17.9 Å². The van der Waals surface area contributed by atoms with Gasteiger partial charge in [-0.25, -0.2) is 14.8 Å². The number of hydrogen-bond acceptors (Lipinski definition) is 7. The molecule has 3 rings (SSSR count). The fourth-order valence-electron chi connectivity index (χ4n) is 2.23. The number of thiazole rings is 1. The maximum absolute atomic E-state index is 12.5. The maximum atomic E-state index is 12.5. The summed E-state index contributed by atoms with van der Waals surface area (Å²) < 4.78 is 5.04. The number of ether oxygens (including phenoxy) is 1. The molecule has 1 amide bonds. The first-order chi connectivity index (χ1) is 13.2. The van der Waals surface area contributed by atoms with Gasteiger partial charge in [-0.1, -0.05) is 36.4 Å². The Kier molecular flexibility index (Phi) is 6.01. The third-order valence-corrected chi connectivity index (χ3v) is 4.37. The number of amides is 1. The van der Waals surface area contributed by atoms with Crippen molar-refractivity contribution in [2.24, 2.45) is 0 Å². The van der Waals surface area contributed by atoms with E-state index in [1.54, 1.807) is 6.08 Å². The highest BCUT2D eigenvalue weighted by Gasteiger charge is 2.20. The Labute approximate surface area is 160 Å². The van der Waals surface area contributed by atoms with Gasteiger partial charge < -0.3 is 4.74 Å². The molecule has 0 radical (unpaired) electrons. The second-order valence-electron chi connectivity index (χ2n) is 5.34. The van der Waals surface area contributed by atoms with Gasteiger partial charge in [0.25, 0.3) is 5.91 Å². The Hall–Kier alpha value is -3.39. The molecule has 0 saturated carbocycles. The second kappa shape index (κ2) is 8.81. The second-order valence-corrected chi connectivity index (χ2v) is 6.18. The van der Waals surface area contributed by atoms with Crippen molar-refractivity contribution in [1.82, 2.24) is 15.0 Å². The Morgan fingerprint density at radius 2 is 2.04 bits per heavy atom. The van der Waals surface area contributed by atoms with Crippen LogP contribution < -0.4 is 4.90 Å². The predicted molar refractivity (Wildman–Crippen MR) is 102 cm³/mol. The topological polar surface area (TPSA) is 85.3 Å². The van der Waals surface area contributed by atoms with Crippen molar-refractivity contribution in [3.05, 3.63) is 72.7 Å². The molecule has 2 heterocycles. The van der Waals surface area contributed by atoms with Crippen molar-refractivity contribution in [1.29, 1.82) is 0 Å². The molecule has 0 aliphatic rings. The first-order valence-electron chi connectivity index (χ1n) is 8.04. The van der Waals surface area contributed by atoms with Crippen molar-refractivity contribution >= 4 is 28.3 Å². The molecule has 1 aromatic carbocycles. The summed E-state index contributed by atoms with van der Waals surface area (Å²) >= 11 is 1.33. The molecule has 0 aliphatic carbocycles. The first kappa shape index (κ1) is 18.4. The number of carbonyl (C=O) groups is 2. The molecule has 8 heteroatoms. The Balaban J connectivity index is 1.70. The smallest absolute Gasteiger partial charge is 0.359 e. The highest BCUT2D eigenvalue weighted by Crippen LogP contribution is 2.27. The molecule has 0 spiro atoms. The van der Waals surface area contributed by atoms with E-state index in [1.165, 1.54) is 34.8 Å². The van der Waals surface area contributed by atoms with Gasteiger partial charge in [0.05, 0.1) is 11.9 Å². The van der Waals surface area contributed by atoms with Crippen LogP contribution >= 0.6 is 11.3 Å². The van der Waals surface area contributed by atoms with Gasteiger partial charge in [0.2, 0.25) is 0 Å². The number of anilines is 1. The van der Waals surface area contributed by atoms with Gasteiger partial charge in [0.1, 0.15) is 0 Å². The van der Waals surface area contributed by atoms with Gasteiger partial charge in [0, 0.05) is 29.9 Å². The van der Waals surface area contributed by atoms with E-state index in [9.17, 15) is 9.59 Å². The van der Waals surface area contributed by atoms with Crippen LogP contribution in [0, 0.1) is 0 Å². The third-order valence-electron chi connectivity index (χ3n) is 3.50. The van der Waals surface area contributed by atoms with Crippen molar-refractivity contribution in [3.63, 3.8) is 0 Å². The number of carbonyl (C=O) groups excluding carboxylic acids is 2. The van der Waals surface area contributed by atoms with E-state index in [2.05, 4.69) is 21.5 Å². The van der Waals surface area contributed by atoms with Crippen molar-refractivity contribution < 1.29 is 14.3 Å². The average molecular weight is 380 g/mol. The predicted octanol–water partition coefficient (Wildman–Crippen LogP) is 2.98.